The Morgan fingerprint density at radius 3 is 2.82 bits per heavy atom. The molecule has 0 saturated heterocycles. The highest BCUT2D eigenvalue weighted by atomic mass is 14.3. The molecule has 0 bridgehead atoms. The number of hydrogen-bond donors (Lipinski definition) is 0. The van der Waals surface area contributed by atoms with E-state index in [-0.39, 0.29) is 0 Å². The minimum absolute atomic E-state index is 1.07. The molecule has 2 aliphatic carbocycles. The molecule has 0 unspecified atom stereocenters. The monoisotopic (exact) mass is 220 g/mol. The fourth-order valence-electron chi connectivity index (χ4n) is 2.74. The highest BCUT2D eigenvalue weighted by Crippen LogP contribution is 2.40. The average Bonchev–Trinajstić information content (AvgIpc) is 2.94. The highest BCUT2D eigenvalue weighted by molar-refractivity contribution is 5.89. The number of fused-ring (bicyclic) bond motifs is 1. The summed E-state index contributed by atoms with van der Waals surface area (Å²) in [6.07, 6.45) is 13.2. The summed E-state index contributed by atoms with van der Waals surface area (Å²) in [7, 11) is 0. The Bertz CT molecular complexity index is 565. The van der Waals surface area contributed by atoms with E-state index in [0.717, 1.165) is 12.8 Å². The largest absolute Gasteiger partial charge is 0.0874 e. The topological polar surface area (TPSA) is 0 Å². The van der Waals surface area contributed by atoms with Crippen LogP contribution in [0, 0.1) is 0 Å². The van der Waals surface area contributed by atoms with Gasteiger partial charge in [0, 0.05) is 0 Å². The summed E-state index contributed by atoms with van der Waals surface area (Å²) in [5.41, 5.74) is 7.27. The van der Waals surface area contributed by atoms with Gasteiger partial charge in [-0.15, -0.1) is 0 Å². The molecule has 0 aliphatic heterocycles. The zero-order valence-electron chi connectivity index (χ0n) is 10.1. The maximum absolute atomic E-state index is 2.26. The van der Waals surface area contributed by atoms with Crippen LogP contribution in [0.5, 0.6) is 0 Å². The molecule has 0 N–H and O–H groups in total. The Hall–Kier alpha value is -1.82. The summed E-state index contributed by atoms with van der Waals surface area (Å²) in [6, 6.07) is 8.77. The third-order valence-corrected chi connectivity index (χ3v) is 3.45. The average molecular weight is 220 g/mol. The van der Waals surface area contributed by atoms with Crippen LogP contribution in [0.3, 0.4) is 0 Å². The van der Waals surface area contributed by atoms with Crippen LogP contribution in [0.1, 0.15) is 24.5 Å². The first-order chi connectivity index (χ1) is 8.40. The summed E-state index contributed by atoms with van der Waals surface area (Å²) in [5.74, 6) is 0. The van der Waals surface area contributed by atoms with E-state index in [2.05, 4.69) is 61.6 Å². The maximum Gasteiger partial charge on any atom is -0.00135 e. The molecule has 2 aliphatic rings. The van der Waals surface area contributed by atoms with Crippen LogP contribution < -0.4 is 0 Å². The fraction of sp³-hybridized carbons (Fsp3) is 0.176. The van der Waals surface area contributed by atoms with Crippen LogP contribution in [0.15, 0.2) is 65.8 Å². The van der Waals surface area contributed by atoms with Gasteiger partial charge >= 0.3 is 0 Å². The van der Waals surface area contributed by atoms with Crippen molar-refractivity contribution in [3.63, 3.8) is 0 Å². The molecule has 84 valence electrons. The predicted octanol–water partition coefficient (Wildman–Crippen LogP) is 4.46. The first kappa shape index (κ1) is 10.3. The van der Waals surface area contributed by atoms with E-state index in [4.69, 9.17) is 0 Å². The molecule has 0 aromatic heterocycles. The van der Waals surface area contributed by atoms with Crippen molar-refractivity contribution >= 4 is 5.57 Å². The van der Waals surface area contributed by atoms with Crippen LogP contribution >= 0.6 is 0 Å². The predicted molar refractivity (Wildman–Crippen MR) is 73.7 cm³/mol. The van der Waals surface area contributed by atoms with Crippen molar-refractivity contribution in [2.24, 2.45) is 0 Å². The molecule has 0 spiro atoms. The van der Waals surface area contributed by atoms with Crippen molar-refractivity contribution in [3.8, 4) is 0 Å². The number of rotatable bonds is 2. The van der Waals surface area contributed by atoms with Gasteiger partial charge in [-0.25, -0.2) is 0 Å². The summed E-state index contributed by atoms with van der Waals surface area (Å²) in [6.45, 7) is 2.09. The van der Waals surface area contributed by atoms with Gasteiger partial charge < -0.3 is 0 Å². The third kappa shape index (κ3) is 1.70. The van der Waals surface area contributed by atoms with Crippen LogP contribution in [0.25, 0.3) is 5.57 Å². The number of allylic oxidation sites excluding steroid dienone is 8. The molecule has 0 heterocycles. The Morgan fingerprint density at radius 1 is 1.18 bits per heavy atom. The Morgan fingerprint density at radius 2 is 2.06 bits per heavy atom. The third-order valence-electron chi connectivity index (χ3n) is 3.45. The van der Waals surface area contributed by atoms with Crippen molar-refractivity contribution in [1.82, 2.24) is 0 Å². The van der Waals surface area contributed by atoms with Gasteiger partial charge in [-0.05, 0) is 47.6 Å². The smallest absolute Gasteiger partial charge is 0.00135 e. The summed E-state index contributed by atoms with van der Waals surface area (Å²) in [4.78, 5) is 0. The van der Waals surface area contributed by atoms with Crippen LogP contribution in [0.4, 0.5) is 0 Å². The summed E-state index contributed by atoms with van der Waals surface area (Å²) < 4.78 is 0. The molecule has 0 amide bonds. The number of hydrogen-bond acceptors (Lipinski definition) is 0. The fourth-order valence-corrected chi connectivity index (χ4v) is 2.74. The van der Waals surface area contributed by atoms with E-state index in [1.165, 1.54) is 27.8 Å². The first-order valence-electron chi connectivity index (χ1n) is 6.20. The summed E-state index contributed by atoms with van der Waals surface area (Å²) >= 11 is 0. The minimum Gasteiger partial charge on any atom is -0.0874 e. The first-order valence-corrected chi connectivity index (χ1v) is 6.20. The second-order valence-corrected chi connectivity index (χ2v) is 4.56. The Kier molecular flexibility index (Phi) is 2.56. The Labute approximate surface area is 103 Å². The maximum atomic E-state index is 2.26. The van der Waals surface area contributed by atoms with Crippen molar-refractivity contribution in [2.45, 2.75) is 19.8 Å². The van der Waals surface area contributed by atoms with Crippen molar-refractivity contribution < 1.29 is 0 Å². The van der Waals surface area contributed by atoms with E-state index in [0.29, 0.717) is 0 Å². The minimum atomic E-state index is 1.07. The summed E-state index contributed by atoms with van der Waals surface area (Å²) in [5, 5.41) is 0. The van der Waals surface area contributed by atoms with E-state index in [1.807, 2.05) is 0 Å². The lowest BCUT2D eigenvalue weighted by Gasteiger charge is -2.07. The lowest BCUT2D eigenvalue weighted by Crippen LogP contribution is -1.87. The van der Waals surface area contributed by atoms with Crippen molar-refractivity contribution in [2.75, 3.05) is 0 Å². The molecule has 1 aromatic rings. The van der Waals surface area contributed by atoms with Gasteiger partial charge in [0.1, 0.15) is 0 Å². The van der Waals surface area contributed by atoms with Gasteiger partial charge in [0.15, 0.2) is 0 Å². The van der Waals surface area contributed by atoms with E-state index in [9.17, 15) is 0 Å². The normalized spacial score (nSPS) is 18.1. The number of benzene rings is 1. The molecular weight excluding hydrogens is 204 g/mol. The van der Waals surface area contributed by atoms with Gasteiger partial charge in [0.05, 0.1) is 0 Å². The zero-order valence-corrected chi connectivity index (χ0v) is 10.1. The second-order valence-electron chi connectivity index (χ2n) is 4.56. The SMILES string of the molecule is CC=CC1=C(C2=CC=CC2)c2ccccc2C1. The second kappa shape index (κ2) is 4.21. The van der Waals surface area contributed by atoms with E-state index in [1.54, 1.807) is 0 Å². The molecule has 1 aromatic carbocycles. The molecule has 0 nitrogen and oxygen atoms in total. The van der Waals surface area contributed by atoms with Gasteiger partial charge in [-0.3, -0.25) is 0 Å². The van der Waals surface area contributed by atoms with Gasteiger partial charge in [-0.2, -0.15) is 0 Å². The standard InChI is InChI=1S/C17H16/c1-2-7-15-12-14-10-5-6-11-16(14)17(15)13-8-3-4-9-13/h2-8,10-11H,9,12H2,1H3. The molecule has 0 fully saturated rings. The molecule has 0 heteroatoms. The Balaban J connectivity index is 2.13. The quantitative estimate of drug-likeness (QED) is 0.690. The lowest BCUT2D eigenvalue weighted by atomic mass is 9.96. The van der Waals surface area contributed by atoms with Crippen LogP contribution in [-0.2, 0) is 6.42 Å². The molecule has 17 heavy (non-hydrogen) atoms. The molecule has 0 saturated carbocycles. The van der Waals surface area contributed by atoms with Crippen LogP contribution in [-0.4, -0.2) is 0 Å². The lowest BCUT2D eigenvalue weighted by molar-refractivity contribution is 1.24. The molecule has 0 atom stereocenters. The molecule has 0 radical (unpaired) electrons. The molecular formula is C17H16. The van der Waals surface area contributed by atoms with Crippen molar-refractivity contribution in [1.29, 1.82) is 0 Å². The van der Waals surface area contributed by atoms with Gasteiger partial charge in [-0.1, -0.05) is 54.6 Å². The van der Waals surface area contributed by atoms with E-state index >= 15 is 0 Å². The van der Waals surface area contributed by atoms with Gasteiger partial charge in [0.25, 0.3) is 0 Å². The zero-order chi connectivity index (χ0) is 11.7. The molecule has 3 rings (SSSR count). The van der Waals surface area contributed by atoms with Crippen LogP contribution in [0.2, 0.25) is 0 Å². The van der Waals surface area contributed by atoms with E-state index < -0.39 is 0 Å². The highest BCUT2D eigenvalue weighted by Gasteiger charge is 2.22. The van der Waals surface area contributed by atoms with Crippen molar-refractivity contribution in [3.05, 3.63) is 76.9 Å². The van der Waals surface area contributed by atoms with Gasteiger partial charge in [0.2, 0.25) is 0 Å².